The van der Waals surface area contributed by atoms with Gasteiger partial charge in [0.15, 0.2) is 0 Å². The molecule has 0 aliphatic carbocycles. The summed E-state index contributed by atoms with van der Waals surface area (Å²) in [5, 5.41) is 3.63. The highest BCUT2D eigenvalue weighted by Crippen LogP contribution is 2.37. The highest BCUT2D eigenvalue weighted by Gasteiger charge is 2.19. The zero-order valence-electron chi connectivity index (χ0n) is 8.85. The molecular weight excluding hydrogens is 214 g/mol. The number of hydrogen-bond donors (Lipinski definition) is 2. The van der Waals surface area contributed by atoms with E-state index in [4.69, 9.17) is 12.6 Å². The van der Waals surface area contributed by atoms with Gasteiger partial charge in [-0.3, -0.25) is 0 Å². The lowest BCUT2D eigenvalue weighted by atomic mass is 10.0. The van der Waals surface area contributed by atoms with Gasteiger partial charge >= 0.3 is 0 Å². The van der Waals surface area contributed by atoms with Gasteiger partial charge in [-0.2, -0.15) is 12.6 Å². The van der Waals surface area contributed by atoms with Crippen LogP contribution in [0.1, 0.15) is 21.9 Å². The number of fused-ring (bicyclic) bond motifs is 2. The summed E-state index contributed by atoms with van der Waals surface area (Å²) in [5.41, 5.74) is 5.09. The van der Waals surface area contributed by atoms with Crippen molar-refractivity contribution in [3.8, 4) is 0 Å². The van der Waals surface area contributed by atoms with E-state index in [9.17, 15) is 0 Å². The Kier molecular flexibility index (Phi) is 2.37. The Bertz CT molecular complexity index is 474. The number of nitrogens with one attached hydrogen (secondary N) is 1. The Balaban J connectivity index is 2.18. The van der Waals surface area contributed by atoms with E-state index in [1.165, 1.54) is 22.4 Å². The van der Waals surface area contributed by atoms with Crippen LogP contribution in [-0.2, 0) is 6.54 Å². The molecule has 1 heterocycles. The van der Waals surface area contributed by atoms with Gasteiger partial charge in [-0.25, -0.2) is 0 Å². The first-order chi connectivity index (χ1) is 7.86. The third-order valence-corrected chi connectivity index (χ3v) is 3.63. The van der Waals surface area contributed by atoms with Gasteiger partial charge < -0.3 is 5.32 Å². The summed E-state index contributed by atoms with van der Waals surface area (Å²) in [6, 6.07) is 16.9. The molecule has 1 aliphatic rings. The normalized spacial score (nSPS) is 17.9. The minimum Gasteiger partial charge on any atom is -0.381 e. The van der Waals surface area contributed by atoms with E-state index in [0.29, 0.717) is 0 Å². The maximum Gasteiger partial charge on any atom is 0.0540 e. The van der Waals surface area contributed by atoms with Crippen LogP contribution < -0.4 is 5.32 Å². The van der Waals surface area contributed by atoms with Gasteiger partial charge in [0.2, 0.25) is 0 Å². The molecule has 0 spiro atoms. The zero-order chi connectivity index (χ0) is 11.0. The lowest BCUT2D eigenvalue weighted by Crippen LogP contribution is -1.98. The third kappa shape index (κ3) is 1.50. The predicted molar refractivity (Wildman–Crippen MR) is 71.0 cm³/mol. The van der Waals surface area contributed by atoms with Crippen molar-refractivity contribution in [2.24, 2.45) is 0 Å². The summed E-state index contributed by atoms with van der Waals surface area (Å²) in [6.45, 7) is 0.879. The maximum absolute atomic E-state index is 4.75. The Morgan fingerprint density at radius 2 is 1.62 bits per heavy atom. The van der Waals surface area contributed by atoms with Gasteiger partial charge in [0.05, 0.1) is 5.25 Å². The van der Waals surface area contributed by atoms with Crippen LogP contribution in [0.2, 0.25) is 0 Å². The van der Waals surface area contributed by atoms with Crippen molar-refractivity contribution < 1.29 is 0 Å². The van der Waals surface area contributed by atoms with Gasteiger partial charge in [0, 0.05) is 12.2 Å². The molecule has 0 saturated carbocycles. The van der Waals surface area contributed by atoms with Crippen LogP contribution in [0.25, 0.3) is 0 Å². The molecule has 2 aromatic carbocycles. The van der Waals surface area contributed by atoms with Crippen molar-refractivity contribution in [1.29, 1.82) is 0 Å². The number of anilines is 1. The lowest BCUT2D eigenvalue weighted by Gasteiger charge is -2.13. The molecule has 2 heteroatoms. The molecule has 80 valence electrons. The lowest BCUT2D eigenvalue weighted by molar-refractivity contribution is 1.11. The van der Waals surface area contributed by atoms with Crippen LogP contribution in [0.15, 0.2) is 48.5 Å². The van der Waals surface area contributed by atoms with Gasteiger partial charge in [0.1, 0.15) is 0 Å². The average molecular weight is 227 g/mol. The fourth-order valence-electron chi connectivity index (χ4n) is 2.22. The van der Waals surface area contributed by atoms with E-state index in [-0.39, 0.29) is 5.25 Å². The summed E-state index contributed by atoms with van der Waals surface area (Å²) in [7, 11) is 0. The SMILES string of the molecule is S[C@H]1c2ccccc2CNc2ccccc21. The smallest absolute Gasteiger partial charge is 0.0540 e. The zero-order valence-corrected chi connectivity index (χ0v) is 9.74. The first-order valence-corrected chi connectivity index (χ1v) is 5.96. The van der Waals surface area contributed by atoms with Crippen LogP contribution in [0.5, 0.6) is 0 Å². The minimum absolute atomic E-state index is 0.169. The number of rotatable bonds is 0. The van der Waals surface area contributed by atoms with Crippen LogP contribution in [0, 0.1) is 0 Å². The van der Waals surface area contributed by atoms with Gasteiger partial charge in [-0.15, -0.1) is 0 Å². The second kappa shape index (κ2) is 3.87. The maximum atomic E-state index is 4.75. The molecule has 0 radical (unpaired) electrons. The second-order valence-electron chi connectivity index (χ2n) is 4.04. The topological polar surface area (TPSA) is 12.0 Å². The fraction of sp³-hybridized carbons (Fsp3) is 0.143. The fourth-order valence-corrected chi connectivity index (χ4v) is 2.69. The molecule has 1 nitrogen and oxygen atoms in total. The van der Waals surface area contributed by atoms with E-state index in [2.05, 4.69) is 53.8 Å². The van der Waals surface area contributed by atoms with Crippen molar-refractivity contribution in [3.63, 3.8) is 0 Å². The molecule has 0 saturated heterocycles. The molecule has 0 unspecified atom stereocenters. The average Bonchev–Trinajstić information content (AvgIpc) is 2.49. The Morgan fingerprint density at radius 3 is 2.50 bits per heavy atom. The molecule has 1 N–H and O–H groups in total. The Labute approximate surface area is 101 Å². The highest BCUT2D eigenvalue weighted by molar-refractivity contribution is 7.80. The summed E-state index contributed by atoms with van der Waals surface area (Å²) in [6.07, 6.45) is 0. The molecule has 0 amide bonds. The van der Waals surface area contributed by atoms with Crippen molar-refractivity contribution >= 4 is 18.3 Å². The molecule has 0 bridgehead atoms. The van der Waals surface area contributed by atoms with Crippen molar-refractivity contribution in [2.75, 3.05) is 5.32 Å². The number of thiol groups is 1. The van der Waals surface area contributed by atoms with Gasteiger partial charge in [-0.05, 0) is 22.8 Å². The number of para-hydroxylation sites is 1. The monoisotopic (exact) mass is 227 g/mol. The molecule has 2 aromatic rings. The van der Waals surface area contributed by atoms with Crippen LogP contribution in [0.4, 0.5) is 5.69 Å². The molecule has 0 fully saturated rings. The molecule has 16 heavy (non-hydrogen) atoms. The van der Waals surface area contributed by atoms with Crippen molar-refractivity contribution in [2.45, 2.75) is 11.8 Å². The predicted octanol–water partition coefficient (Wildman–Crippen LogP) is 3.63. The van der Waals surface area contributed by atoms with Crippen molar-refractivity contribution in [3.05, 3.63) is 65.2 Å². The first kappa shape index (κ1) is 9.79. The minimum atomic E-state index is 0.169. The van der Waals surface area contributed by atoms with E-state index in [1.54, 1.807) is 0 Å². The number of benzene rings is 2. The molecule has 1 atom stereocenters. The van der Waals surface area contributed by atoms with Crippen molar-refractivity contribution in [1.82, 2.24) is 0 Å². The largest absolute Gasteiger partial charge is 0.381 e. The van der Waals surface area contributed by atoms with Gasteiger partial charge in [-0.1, -0.05) is 42.5 Å². The summed E-state index contributed by atoms with van der Waals surface area (Å²) >= 11 is 4.75. The van der Waals surface area contributed by atoms with E-state index >= 15 is 0 Å². The third-order valence-electron chi connectivity index (χ3n) is 3.07. The van der Waals surface area contributed by atoms with Gasteiger partial charge in [0.25, 0.3) is 0 Å². The molecule has 1 aliphatic heterocycles. The summed E-state index contributed by atoms with van der Waals surface area (Å²) in [4.78, 5) is 0. The van der Waals surface area contributed by atoms with Crippen LogP contribution in [-0.4, -0.2) is 0 Å². The number of hydrogen-bond acceptors (Lipinski definition) is 2. The summed E-state index contributed by atoms with van der Waals surface area (Å²) < 4.78 is 0. The standard InChI is InChI=1S/C14H13NS/c16-14-11-6-2-1-5-10(11)9-15-13-8-4-3-7-12(13)14/h1-8,14-16H,9H2/t14-/m0/s1. The quantitative estimate of drug-likeness (QED) is 0.655. The Morgan fingerprint density at radius 1 is 0.938 bits per heavy atom. The van der Waals surface area contributed by atoms with E-state index < -0.39 is 0 Å². The molecular formula is C14H13NS. The van der Waals surface area contributed by atoms with E-state index in [1.807, 2.05) is 0 Å². The second-order valence-corrected chi connectivity index (χ2v) is 4.56. The highest BCUT2D eigenvalue weighted by atomic mass is 32.1. The Hall–Kier alpha value is -1.41. The van der Waals surface area contributed by atoms with Crippen LogP contribution in [0.3, 0.4) is 0 Å². The first-order valence-electron chi connectivity index (χ1n) is 5.45. The molecule has 3 rings (SSSR count). The van der Waals surface area contributed by atoms with Crippen LogP contribution >= 0.6 is 12.6 Å². The summed E-state index contributed by atoms with van der Waals surface area (Å²) in [5.74, 6) is 0. The van der Waals surface area contributed by atoms with E-state index in [0.717, 1.165) is 6.54 Å². The molecule has 0 aromatic heterocycles.